The number of carboxylic acid groups (broad SMARTS) is 1. The number of ether oxygens (including phenoxy) is 2. The van der Waals surface area contributed by atoms with Crippen LogP contribution in [0.5, 0.6) is 0 Å². The molecule has 7 heteroatoms. The highest BCUT2D eigenvalue weighted by molar-refractivity contribution is 6.07. The summed E-state index contributed by atoms with van der Waals surface area (Å²) < 4.78 is 12.6. The number of nitrogens with zero attached hydrogens (tertiary/aromatic N) is 1. The summed E-state index contributed by atoms with van der Waals surface area (Å²) in [5.74, 6) is -1.49. The smallest absolute Gasteiger partial charge is 0.326 e. The Morgan fingerprint density at radius 2 is 1.93 bits per heavy atom. The van der Waals surface area contributed by atoms with Crippen molar-refractivity contribution in [2.45, 2.75) is 45.4 Å². The molecule has 0 aliphatic rings. The maximum atomic E-state index is 12.8. The lowest BCUT2D eigenvalue weighted by molar-refractivity contribution is -0.140. The fraction of sp³-hybridized carbons (Fsp3) is 0.500. The third-order valence-electron chi connectivity index (χ3n) is 4.11. The second kappa shape index (κ2) is 9.01. The molecule has 0 aliphatic heterocycles. The number of aliphatic carboxylic acids is 1. The van der Waals surface area contributed by atoms with Gasteiger partial charge in [-0.3, -0.25) is 4.79 Å². The molecule has 0 bridgehead atoms. The van der Waals surface area contributed by atoms with E-state index in [1.807, 2.05) is 49.6 Å². The van der Waals surface area contributed by atoms with Gasteiger partial charge in [0.2, 0.25) is 0 Å². The summed E-state index contributed by atoms with van der Waals surface area (Å²) in [5.41, 5.74) is 0.995. The van der Waals surface area contributed by atoms with Gasteiger partial charge in [-0.05, 0) is 26.8 Å². The molecule has 1 heterocycles. The lowest BCUT2D eigenvalue weighted by atomic mass is 10.1. The summed E-state index contributed by atoms with van der Waals surface area (Å²) >= 11 is 0. The maximum Gasteiger partial charge on any atom is 0.326 e. The van der Waals surface area contributed by atoms with Crippen LogP contribution in [0, 0.1) is 0 Å². The number of benzene rings is 1. The minimum Gasteiger partial charge on any atom is -0.480 e. The summed E-state index contributed by atoms with van der Waals surface area (Å²) in [7, 11) is 1.62. The number of carbonyl (C=O) groups is 2. The quantitative estimate of drug-likeness (QED) is 0.702. The van der Waals surface area contributed by atoms with Crippen molar-refractivity contribution in [1.29, 1.82) is 0 Å². The molecule has 2 rings (SSSR count). The largest absolute Gasteiger partial charge is 0.480 e. The van der Waals surface area contributed by atoms with Gasteiger partial charge in [-0.1, -0.05) is 18.2 Å². The highest BCUT2D eigenvalue weighted by Gasteiger charge is 2.23. The van der Waals surface area contributed by atoms with E-state index in [4.69, 9.17) is 9.47 Å². The summed E-state index contributed by atoms with van der Waals surface area (Å²) in [5, 5.41) is 12.8. The van der Waals surface area contributed by atoms with Crippen LogP contribution in [-0.2, 0) is 20.8 Å². The van der Waals surface area contributed by atoms with Gasteiger partial charge in [0.25, 0.3) is 5.91 Å². The van der Waals surface area contributed by atoms with E-state index in [1.165, 1.54) is 0 Å². The predicted molar refractivity (Wildman–Crippen MR) is 103 cm³/mol. The Kier molecular flexibility index (Phi) is 6.98. The molecule has 1 atom stereocenters. The molecule has 0 radical (unpaired) electrons. The van der Waals surface area contributed by atoms with Crippen LogP contribution in [0.25, 0.3) is 10.9 Å². The zero-order valence-corrected chi connectivity index (χ0v) is 16.3. The summed E-state index contributed by atoms with van der Waals surface area (Å²) in [6.07, 6.45) is 1.93. The van der Waals surface area contributed by atoms with Gasteiger partial charge in [0.15, 0.2) is 0 Å². The Morgan fingerprint density at radius 1 is 1.22 bits per heavy atom. The minimum atomic E-state index is -1.08. The van der Waals surface area contributed by atoms with Crippen LogP contribution in [0.2, 0.25) is 0 Å². The van der Waals surface area contributed by atoms with Crippen molar-refractivity contribution in [3.8, 4) is 0 Å². The second-order valence-electron chi connectivity index (χ2n) is 7.36. The van der Waals surface area contributed by atoms with Crippen LogP contribution < -0.4 is 5.32 Å². The fourth-order valence-electron chi connectivity index (χ4n) is 2.78. The van der Waals surface area contributed by atoms with Gasteiger partial charge < -0.3 is 24.5 Å². The molecule has 27 heavy (non-hydrogen) atoms. The normalized spacial score (nSPS) is 12.9. The Hall–Kier alpha value is -2.38. The number of hydrogen-bond acceptors (Lipinski definition) is 4. The molecule has 0 aliphatic carbocycles. The molecule has 0 spiro atoms. The van der Waals surface area contributed by atoms with Crippen LogP contribution in [-0.4, -0.2) is 53.5 Å². The van der Waals surface area contributed by atoms with E-state index in [9.17, 15) is 14.7 Å². The van der Waals surface area contributed by atoms with E-state index in [0.29, 0.717) is 18.7 Å². The van der Waals surface area contributed by atoms with Crippen LogP contribution in [0.4, 0.5) is 0 Å². The van der Waals surface area contributed by atoms with E-state index >= 15 is 0 Å². The van der Waals surface area contributed by atoms with Gasteiger partial charge in [0, 0.05) is 43.8 Å². The highest BCUT2D eigenvalue weighted by Crippen LogP contribution is 2.21. The summed E-state index contributed by atoms with van der Waals surface area (Å²) in [4.78, 5) is 24.3. The first-order valence-electron chi connectivity index (χ1n) is 8.97. The zero-order valence-electron chi connectivity index (χ0n) is 16.3. The van der Waals surface area contributed by atoms with Crippen molar-refractivity contribution >= 4 is 22.8 Å². The fourth-order valence-corrected chi connectivity index (χ4v) is 2.78. The number of para-hydroxylation sites is 1. The number of rotatable bonds is 9. The number of carboxylic acids is 1. The Morgan fingerprint density at radius 3 is 2.56 bits per heavy atom. The van der Waals surface area contributed by atoms with Crippen LogP contribution in [0.15, 0.2) is 30.5 Å². The van der Waals surface area contributed by atoms with Gasteiger partial charge in [-0.2, -0.15) is 0 Å². The number of carbonyl (C=O) groups excluding carboxylic acids is 1. The Bertz CT molecular complexity index is 791. The standard InChI is InChI=1S/C20H28N2O5/c1-20(2,3)27-11-9-16(19(24)25)21-18(23)15-13-22(10-12-26-4)17-8-6-5-7-14(15)17/h5-8,13,16H,9-12H2,1-4H3,(H,21,23)(H,24,25). The lowest BCUT2D eigenvalue weighted by Gasteiger charge is -2.21. The Balaban J connectivity index is 2.16. The number of hydrogen-bond donors (Lipinski definition) is 2. The SMILES string of the molecule is COCCn1cc(C(=O)NC(CCOC(C)(C)C)C(=O)O)c2ccccc21. The minimum absolute atomic E-state index is 0.195. The molecular weight excluding hydrogens is 348 g/mol. The Labute approximate surface area is 159 Å². The van der Waals surface area contributed by atoms with Crippen LogP contribution in [0.1, 0.15) is 37.6 Å². The van der Waals surface area contributed by atoms with E-state index in [1.54, 1.807) is 13.3 Å². The lowest BCUT2D eigenvalue weighted by Crippen LogP contribution is -2.42. The molecule has 7 nitrogen and oxygen atoms in total. The summed E-state index contributed by atoms with van der Waals surface area (Å²) in [6, 6.07) is 6.52. The second-order valence-corrected chi connectivity index (χ2v) is 7.36. The van der Waals surface area contributed by atoms with Crippen molar-refractivity contribution in [3.05, 3.63) is 36.0 Å². The van der Waals surface area contributed by atoms with Gasteiger partial charge in [0.1, 0.15) is 6.04 Å². The van der Waals surface area contributed by atoms with Crippen molar-refractivity contribution < 1.29 is 24.2 Å². The molecule has 1 unspecified atom stereocenters. The number of nitrogens with one attached hydrogen (secondary N) is 1. The van der Waals surface area contributed by atoms with Crippen LogP contribution >= 0.6 is 0 Å². The number of amides is 1. The van der Waals surface area contributed by atoms with E-state index in [-0.39, 0.29) is 18.6 Å². The van der Waals surface area contributed by atoms with Crippen molar-refractivity contribution in [2.24, 2.45) is 0 Å². The van der Waals surface area contributed by atoms with E-state index in [2.05, 4.69) is 5.32 Å². The van der Waals surface area contributed by atoms with Gasteiger partial charge in [-0.15, -0.1) is 0 Å². The van der Waals surface area contributed by atoms with Gasteiger partial charge in [-0.25, -0.2) is 4.79 Å². The van der Waals surface area contributed by atoms with Crippen LogP contribution in [0.3, 0.4) is 0 Å². The third-order valence-corrected chi connectivity index (χ3v) is 4.11. The molecule has 1 aromatic carbocycles. The molecule has 0 fully saturated rings. The zero-order chi connectivity index (χ0) is 20.0. The average molecular weight is 376 g/mol. The number of fused-ring (bicyclic) bond motifs is 1. The topological polar surface area (TPSA) is 89.8 Å². The summed E-state index contributed by atoms with van der Waals surface area (Å²) in [6.45, 7) is 7.06. The monoisotopic (exact) mass is 376 g/mol. The van der Waals surface area contributed by atoms with Crippen molar-refractivity contribution in [1.82, 2.24) is 9.88 Å². The first kappa shape index (κ1) is 20.9. The number of methoxy groups -OCH3 is 1. The van der Waals surface area contributed by atoms with E-state index < -0.39 is 17.9 Å². The molecule has 1 amide bonds. The highest BCUT2D eigenvalue weighted by atomic mass is 16.5. The molecule has 148 valence electrons. The molecule has 2 aromatic rings. The van der Waals surface area contributed by atoms with Crippen molar-refractivity contribution in [3.63, 3.8) is 0 Å². The number of aromatic nitrogens is 1. The van der Waals surface area contributed by atoms with Crippen molar-refractivity contribution in [2.75, 3.05) is 20.3 Å². The predicted octanol–water partition coefficient (Wildman–Crippen LogP) is 2.68. The molecule has 0 saturated heterocycles. The molecule has 2 N–H and O–H groups in total. The molecule has 1 aromatic heterocycles. The van der Waals surface area contributed by atoms with E-state index in [0.717, 1.165) is 10.9 Å². The molecular formula is C20H28N2O5. The first-order valence-corrected chi connectivity index (χ1v) is 8.97. The third kappa shape index (κ3) is 5.80. The molecule has 0 saturated carbocycles. The van der Waals surface area contributed by atoms with Gasteiger partial charge >= 0.3 is 5.97 Å². The maximum absolute atomic E-state index is 12.8. The average Bonchev–Trinajstić information content (AvgIpc) is 2.96. The van der Waals surface area contributed by atoms with Gasteiger partial charge in [0.05, 0.1) is 17.8 Å². The first-order chi connectivity index (χ1) is 12.7.